The number of carbonyl (C=O) groups is 1. The third kappa shape index (κ3) is 2.76. The molecule has 0 unspecified atom stereocenters. The van der Waals surface area contributed by atoms with Crippen LogP contribution in [-0.4, -0.2) is 30.3 Å². The average molecular weight is 322 g/mol. The number of hydrogen-bond donors (Lipinski definition) is 1. The SMILES string of the molecule is O=C(NCc1cccc2ncnn12)c1ccc(Cn2cccn2)o1. The number of rotatable bonds is 5. The van der Waals surface area contributed by atoms with Gasteiger partial charge in [0.25, 0.3) is 5.91 Å². The largest absolute Gasteiger partial charge is 0.454 e. The molecule has 0 saturated carbocycles. The van der Waals surface area contributed by atoms with E-state index in [1.54, 1.807) is 27.5 Å². The predicted molar refractivity (Wildman–Crippen MR) is 84.2 cm³/mol. The van der Waals surface area contributed by atoms with Crippen LogP contribution in [0.1, 0.15) is 22.0 Å². The van der Waals surface area contributed by atoms with Crippen LogP contribution in [0.2, 0.25) is 0 Å². The molecule has 0 fully saturated rings. The minimum Gasteiger partial charge on any atom is -0.454 e. The highest BCUT2D eigenvalue weighted by molar-refractivity contribution is 5.91. The molecule has 1 N–H and O–H groups in total. The molecule has 8 heteroatoms. The fourth-order valence-electron chi connectivity index (χ4n) is 2.43. The Morgan fingerprint density at radius 3 is 3.00 bits per heavy atom. The molecular formula is C16H14N6O2. The monoisotopic (exact) mass is 322 g/mol. The fourth-order valence-corrected chi connectivity index (χ4v) is 2.43. The summed E-state index contributed by atoms with van der Waals surface area (Å²) >= 11 is 0. The second-order valence-corrected chi connectivity index (χ2v) is 5.20. The van der Waals surface area contributed by atoms with E-state index in [9.17, 15) is 4.79 Å². The van der Waals surface area contributed by atoms with E-state index in [1.165, 1.54) is 6.33 Å². The van der Waals surface area contributed by atoms with Gasteiger partial charge >= 0.3 is 0 Å². The van der Waals surface area contributed by atoms with Crippen molar-refractivity contribution in [3.63, 3.8) is 0 Å². The molecule has 8 nitrogen and oxygen atoms in total. The Morgan fingerprint density at radius 2 is 2.12 bits per heavy atom. The molecule has 0 bridgehead atoms. The second-order valence-electron chi connectivity index (χ2n) is 5.20. The van der Waals surface area contributed by atoms with Crippen LogP contribution in [0.4, 0.5) is 0 Å². The standard InChI is InChI=1S/C16H14N6O2/c23-16(14-6-5-13(24-14)10-21-8-2-7-19-21)17-9-12-3-1-4-15-18-11-20-22(12)15/h1-8,11H,9-10H2,(H,17,23). The molecule has 4 rings (SSSR count). The lowest BCUT2D eigenvalue weighted by Gasteiger charge is -2.05. The highest BCUT2D eigenvalue weighted by Crippen LogP contribution is 2.10. The molecule has 4 heterocycles. The van der Waals surface area contributed by atoms with Crippen LogP contribution in [0.5, 0.6) is 0 Å². The summed E-state index contributed by atoms with van der Waals surface area (Å²) in [6.07, 6.45) is 5.01. The minimum absolute atomic E-state index is 0.267. The van der Waals surface area contributed by atoms with Crippen LogP contribution in [0, 0.1) is 0 Å². The van der Waals surface area contributed by atoms with Crippen LogP contribution in [0.3, 0.4) is 0 Å². The molecule has 0 saturated heterocycles. The summed E-state index contributed by atoms with van der Waals surface area (Å²) in [6, 6.07) is 10.9. The Kier molecular flexibility index (Phi) is 3.54. The normalized spacial score (nSPS) is 11.0. The quantitative estimate of drug-likeness (QED) is 0.601. The molecule has 0 aliphatic heterocycles. The van der Waals surface area contributed by atoms with E-state index in [4.69, 9.17) is 4.42 Å². The maximum absolute atomic E-state index is 12.2. The zero-order valence-corrected chi connectivity index (χ0v) is 12.7. The molecule has 0 spiro atoms. The third-order valence-corrected chi connectivity index (χ3v) is 3.57. The molecule has 4 aromatic rings. The van der Waals surface area contributed by atoms with Gasteiger partial charge in [-0.2, -0.15) is 10.2 Å². The summed E-state index contributed by atoms with van der Waals surface area (Å²) < 4.78 is 8.99. The number of aromatic nitrogens is 5. The first-order chi connectivity index (χ1) is 11.8. The molecule has 0 aliphatic rings. The zero-order valence-electron chi connectivity index (χ0n) is 12.7. The first kappa shape index (κ1) is 14.2. The molecule has 0 aromatic carbocycles. The summed E-state index contributed by atoms with van der Waals surface area (Å²) in [5.74, 6) is 0.656. The van der Waals surface area contributed by atoms with Crippen LogP contribution in [0.25, 0.3) is 5.65 Å². The third-order valence-electron chi connectivity index (χ3n) is 3.57. The average Bonchev–Trinajstić information content (AvgIpc) is 3.34. The zero-order chi connectivity index (χ0) is 16.4. The number of nitrogens with zero attached hydrogens (tertiary/aromatic N) is 5. The summed E-state index contributed by atoms with van der Waals surface area (Å²) in [5, 5.41) is 11.1. The van der Waals surface area contributed by atoms with Crippen molar-refractivity contribution in [3.05, 3.63) is 72.3 Å². The molecule has 1 amide bonds. The van der Waals surface area contributed by atoms with Gasteiger partial charge in [0.1, 0.15) is 12.1 Å². The van der Waals surface area contributed by atoms with E-state index in [2.05, 4.69) is 20.5 Å². The number of pyridine rings is 1. The van der Waals surface area contributed by atoms with Crippen molar-refractivity contribution in [1.82, 2.24) is 29.7 Å². The fraction of sp³-hybridized carbons (Fsp3) is 0.125. The smallest absolute Gasteiger partial charge is 0.287 e. The van der Waals surface area contributed by atoms with Gasteiger partial charge in [0.05, 0.1) is 18.8 Å². The van der Waals surface area contributed by atoms with Crippen molar-refractivity contribution < 1.29 is 9.21 Å². The molecule has 4 aromatic heterocycles. The van der Waals surface area contributed by atoms with Gasteiger partial charge in [0.2, 0.25) is 0 Å². The van der Waals surface area contributed by atoms with Crippen LogP contribution < -0.4 is 5.32 Å². The Labute approximate surface area is 136 Å². The molecule has 120 valence electrons. The first-order valence-electron chi connectivity index (χ1n) is 7.41. The summed E-state index contributed by atoms with van der Waals surface area (Å²) in [4.78, 5) is 16.4. The lowest BCUT2D eigenvalue weighted by molar-refractivity contribution is 0.0920. The topological polar surface area (TPSA) is 90.2 Å². The van der Waals surface area contributed by atoms with Gasteiger partial charge in [-0.1, -0.05) is 6.07 Å². The van der Waals surface area contributed by atoms with Crippen molar-refractivity contribution in [2.75, 3.05) is 0 Å². The predicted octanol–water partition coefficient (Wildman–Crippen LogP) is 1.50. The van der Waals surface area contributed by atoms with E-state index >= 15 is 0 Å². The molecule has 0 atom stereocenters. The van der Waals surface area contributed by atoms with E-state index < -0.39 is 0 Å². The Balaban J connectivity index is 1.43. The number of amides is 1. The lowest BCUT2D eigenvalue weighted by atomic mass is 10.3. The first-order valence-corrected chi connectivity index (χ1v) is 7.41. The minimum atomic E-state index is -0.279. The van der Waals surface area contributed by atoms with Gasteiger partial charge < -0.3 is 9.73 Å². The number of carbonyl (C=O) groups excluding carboxylic acids is 1. The maximum atomic E-state index is 12.2. The van der Waals surface area contributed by atoms with Gasteiger partial charge in [0.15, 0.2) is 11.4 Å². The van der Waals surface area contributed by atoms with Crippen molar-refractivity contribution in [1.29, 1.82) is 0 Å². The van der Waals surface area contributed by atoms with Gasteiger partial charge in [-0.05, 0) is 30.3 Å². The van der Waals surface area contributed by atoms with Crippen LogP contribution >= 0.6 is 0 Å². The Morgan fingerprint density at radius 1 is 1.17 bits per heavy atom. The number of fused-ring (bicyclic) bond motifs is 1. The van der Waals surface area contributed by atoms with Gasteiger partial charge in [0, 0.05) is 12.4 Å². The van der Waals surface area contributed by atoms with Crippen molar-refractivity contribution >= 4 is 11.6 Å². The maximum Gasteiger partial charge on any atom is 0.287 e. The Hall–Kier alpha value is -3.42. The molecule has 0 aliphatic carbocycles. The van der Waals surface area contributed by atoms with Gasteiger partial charge in [-0.3, -0.25) is 9.48 Å². The van der Waals surface area contributed by atoms with Crippen LogP contribution in [0.15, 0.2) is 59.5 Å². The van der Waals surface area contributed by atoms with Crippen molar-refractivity contribution in [2.24, 2.45) is 0 Å². The van der Waals surface area contributed by atoms with E-state index in [1.807, 2.05) is 30.5 Å². The second kappa shape index (κ2) is 5.99. The number of nitrogens with one attached hydrogen (secondary N) is 1. The molecule has 24 heavy (non-hydrogen) atoms. The highest BCUT2D eigenvalue weighted by Gasteiger charge is 2.12. The van der Waals surface area contributed by atoms with E-state index in [-0.39, 0.29) is 11.7 Å². The number of hydrogen-bond acceptors (Lipinski definition) is 5. The summed E-state index contributed by atoms with van der Waals surface area (Å²) in [7, 11) is 0. The Bertz CT molecular complexity index is 969. The van der Waals surface area contributed by atoms with Crippen molar-refractivity contribution in [3.8, 4) is 0 Å². The van der Waals surface area contributed by atoms with E-state index in [0.29, 0.717) is 18.8 Å². The summed E-state index contributed by atoms with van der Waals surface area (Å²) in [5.41, 5.74) is 1.57. The van der Waals surface area contributed by atoms with Crippen molar-refractivity contribution in [2.45, 2.75) is 13.1 Å². The van der Waals surface area contributed by atoms with E-state index in [0.717, 1.165) is 11.3 Å². The molecule has 0 radical (unpaired) electrons. The van der Waals surface area contributed by atoms with Gasteiger partial charge in [-0.25, -0.2) is 9.50 Å². The molecular weight excluding hydrogens is 308 g/mol. The van der Waals surface area contributed by atoms with Gasteiger partial charge in [-0.15, -0.1) is 0 Å². The lowest BCUT2D eigenvalue weighted by Crippen LogP contribution is -2.23. The van der Waals surface area contributed by atoms with Crippen LogP contribution in [-0.2, 0) is 13.1 Å². The number of furan rings is 1. The summed E-state index contributed by atoms with van der Waals surface area (Å²) in [6.45, 7) is 0.813. The highest BCUT2D eigenvalue weighted by atomic mass is 16.4.